The summed E-state index contributed by atoms with van der Waals surface area (Å²) in [4.78, 5) is 5.69. The molecule has 21 heavy (non-hydrogen) atoms. The summed E-state index contributed by atoms with van der Waals surface area (Å²) in [7, 11) is 0. The van der Waals surface area contributed by atoms with Crippen molar-refractivity contribution in [2.75, 3.05) is 0 Å². The van der Waals surface area contributed by atoms with Gasteiger partial charge < -0.3 is 0 Å². The Bertz CT molecular complexity index is 873. The SMILES string of the molecule is c1csc(-c2n[nH]c(Cc3cccc4ccccc34)n2)c1. The van der Waals surface area contributed by atoms with Crippen molar-refractivity contribution >= 4 is 22.1 Å². The monoisotopic (exact) mass is 291 g/mol. The fraction of sp³-hybridized carbons (Fsp3) is 0.0588. The number of fused-ring (bicyclic) bond motifs is 1. The predicted octanol–water partition coefficient (Wildman–Crippen LogP) is 4.28. The smallest absolute Gasteiger partial charge is 0.191 e. The van der Waals surface area contributed by atoms with E-state index in [1.165, 1.54) is 16.3 Å². The molecule has 0 saturated carbocycles. The van der Waals surface area contributed by atoms with E-state index in [-0.39, 0.29) is 0 Å². The second-order valence-corrected chi connectivity index (χ2v) is 5.85. The highest BCUT2D eigenvalue weighted by atomic mass is 32.1. The summed E-state index contributed by atoms with van der Waals surface area (Å²) in [6, 6.07) is 18.9. The van der Waals surface area contributed by atoms with Crippen molar-refractivity contribution in [3.8, 4) is 10.7 Å². The van der Waals surface area contributed by atoms with E-state index in [1.54, 1.807) is 11.3 Å². The molecule has 2 aromatic heterocycles. The van der Waals surface area contributed by atoms with Crippen LogP contribution in [-0.2, 0) is 6.42 Å². The fourth-order valence-corrected chi connectivity index (χ4v) is 3.17. The van der Waals surface area contributed by atoms with Crippen LogP contribution in [0.15, 0.2) is 60.0 Å². The maximum atomic E-state index is 4.60. The number of thiophene rings is 1. The number of aromatic nitrogens is 3. The van der Waals surface area contributed by atoms with Gasteiger partial charge in [0.25, 0.3) is 0 Å². The van der Waals surface area contributed by atoms with E-state index in [9.17, 15) is 0 Å². The van der Waals surface area contributed by atoms with Gasteiger partial charge in [-0.3, -0.25) is 5.10 Å². The number of nitrogens with one attached hydrogen (secondary N) is 1. The molecule has 0 aliphatic rings. The van der Waals surface area contributed by atoms with Crippen LogP contribution in [0.25, 0.3) is 21.5 Å². The van der Waals surface area contributed by atoms with Crippen LogP contribution in [-0.4, -0.2) is 15.2 Å². The van der Waals surface area contributed by atoms with Gasteiger partial charge in [-0.15, -0.1) is 11.3 Å². The van der Waals surface area contributed by atoms with Gasteiger partial charge in [0.05, 0.1) is 4.88 Å². The Balaban J connectivity index is 1.69. The highest BCUT2D eigenvalue weighted by Gasteiger charge is 2.08. The van der Waals surface area contributed by atoms with Crippen molar-refractivity contribution in [1.82, 2.24) is 15.2 Å². The van der Waals surface area contributed by atoms with Gasteiger partial charge in [-0.05, 0) is 27.8 Å². The molecule has 0 amide bonds. The van der Waals surface area contributed by atoms with Crippen molar-refractivity contribution in [2.24, 2.45) is 0 Å². The minimum atomic E-state index is 0.764. The molecule has 4 heteroatoms. The normalized spacial score (nSPS) is 11.0. The lowest BCUT2D eigenvalue weighted by Gasteiger charge is -2.04. The van der Waals surface area contributed by atoms with Gasteiger partial charge in [-0.2, -0.15) is 5.10 Å². The van der Waals surface area contributed by atoms with E-state index in [4.69, 9.17) is 0 Å². The van der Waals surface area contributed by atoms with E-state index in [0.717, 1.165) is 22.9 Å². The van der Waals surface area contributed by atoms with Gasteiger partial charge in [0.15, 0.2) is 5.82 Å². The third-order valence-electron chi connectivity index (χ3n) is 3.51. The van der Waals surface area contributed by atoms with Crippen molar-refractivity contribution < 1.29 is 0 Å². The van der Waals surface area contributed by atoms with Crippen LogP contribution in [0.3, 0.4) is 0 Å². The number of benzene rings is 2. The number of H-pyrrole nitrogens is 1. The molecule has 0 aliphatic heterocycles. The zero-order valence-electron chi connectivity index (χ0n) is 11.3. The zero-order chi connectivity index (χ0) is 14.1. The topological polar surface area (TPSA) is 41.6 Å². The Morgan fingerprint density at radius 3 is 2.76 bits per heavy atom. The van der Waals surface area contributed by atoms with E-state index >= 15 is 0 Å². The summed E-state index contributed by atoms with van der Waals surface area (Å²) in [5.41, 5.74) is 1.27. The molecule has 4 rings (SSSR count). The van der Waals surface area contributed by atoms with Crippen molar-refractivity contribution in [3.63, 3.8) is 0 Å². The van der Waals surface area contributed by atoms with Gasteiger partial charge in [-0.1, -0.05) is 48.5 Å². The van der Waals surface area contributed by atoms with Crippen LogP contribution in [0.2, 0.25) is 0 Å². The van der Waals surface area contributed by atoms with E-state index in [2.05, 4.69) is 57.6 Å². The van der Waals surface area contributed by atoms with Crippen LogP contribution in [0, 0.1) is 0 Å². The lowest BCUT2D eigenvalue weighted by molar-refractivity contribution is 0.977. The second kappa shape index (κ2) is 5.14. The van der Waals surface area contributed by atoms with Crippen LogP contribution in [0.4, 0.5) is 0 Å². The quantitative estimate of drug-likeness (QED) is 0.612. The molecule has 0 spiro atoms. The molecular weight excluding hydrogens is 278 g/mol. The first-order chi connectivity index (χ1) is 10.4. The zero-order valence-corrected chi connectivity index (χ0v) is 12.1. The number of rotatable bonds is 3. The Morgan fingerprint density at radius 1 is 0.952 bits per heavy atom. The van der Waals surface area contributed by atoms with Gasteiger partial charge in [0, 0.05) is 6.42 Å². The van der Waals surface area contributed by atoms with E-state index < -0.39 is 0 Å². The molecule has 3 nitrogen and oxygen atoms in total. The minimum absolute atomic E-state index is 0.764. The largest absolute Gasteiger partial charge is 0.262 e. The van der Waals surface area contributed by atoms with Gasteiger partial charge in [-0.25, -0.2) is 4.98 Å². The molecule has 0 bridgehead atoms. The highest BCUT2D eigenvalue weighted by molar-refractivity contribution is 7.13. The molecule has 2 aromatic carbocycles. The molecule has 0 saturated heterocycles. The highest BCUT2D eigenvalue weighted by Crippen LogP contribution is 2.23. The Labute approximate surface area is 126 Å². The fourth-order valence-electron chi connectivity index (χ4n) is 2.52. The standard InChI is InChI=1S/C17H13N3S/c1-2-8-14-12(5-1)6-3-7-13(14)11-16-18-17(20-19-16)15-9-4-10-21-15/h1-10H,11H2,(H,18,19,20). The summed E-state index contributed by atoms with van der Waals surface area (Å²) in [5.74, 6) is 1.68. The first-order valence-electron chi connectivity index (χ1n) is 6.82. The Hall–Kier alpha value is -2.46. The first kappa shape index (κ1) is 12.3. The van der Waals surface area contributed by atoms with Crippen molar-refractivity contribution in [2.45, 2.75) is 6.42 Å². The number of hydrogen-bond donors (Lipinski definition) is 1. The van der Waals surface area contributed by atoms with Crippen LogP contribution < -0.4 is 0 Å². The third kappa shape index (κ3) is 2.34. The van der Waals surface area contributed by atoms with Gasteiger partial charge >= 0.3 is 0 Å². The predicted molar refractivity (Wildman–Crippen MR) is 86.4 cm³/mol. The molecule has 0 unspecified atom stereocenters. The molecular formula is C17H13N3S. The molecule has 0 aliphatic carbocycles. The van der Waals surface area contributed by atoms with Crippen LogP contribution in [0.1, 0.15) is 11.4 Å². The summed E-state index contributed by atoms with van der Waals surface area (Å²) >= 11 is 1.65. The Morgan fingerprint density at radius 2 is 1.86 bits per heavy atom. The third-order valence-corrected chi connectivity index (χ3v) is 4.38. The molecule has 2 heterocycles. The molecule has 0 radical (unpaired) electrons. The average molecular weight is 291 g/mol. The molecule has 0 fully saturated rings. The molecule has 1 N–H and O–H groups in total. The van der Waals surface area contributed by atoms with Gasteiger partial charge in [0.1, 0.15) is 5.82 Å². The number of aromatic amines is 1. The van der Waals surface area contributed by atoms with Crippen LogP contribution in [0.5, 0.6) is 0 Å². The maximum Gasteiger partial charge on any atom is 0.191 e. The van der Waals surface area contributed by atoms with E-state index in [0.29, 0.717) is 0 Å². The van der Waals surface area contributed by atoms with Crippen LogP contribution >= 0.6 is 11.3 Å². The molecule has 4 aromatic rings. The van der Waals surface area contributed by atoms with Gasteiger partial charge in [0.2, 0.25) is 0 Å². The summed E-state index contributed by atoms with van der Waals surface area (Å²) in [6.07, 6.45) is 0.764. The van der Waals surface area contributed by atoms with Crippen molar-refractivity contribution in [3.05, 3.63) is 71.4 Å². The number of hydrogen-bond acceptors (Lipinski definition) is 3. The lowest BCUT2D eigenvalue weighted by atomic mass is 10.0. The minimum Gasteiger partial charge on any atom is -0.262 e. The average Bonchev–Trinajstić information content (AvgIpc) is 3.18. The lowest BCUT2D eigenvalue weighted by Crippen LogP contribution is -1.92. The van der Waals surface area contributed by atoms with Crippen molar-refractivity contribution in [1.29, 1.82) is 0 Å². The summed E-state index contributed by atoms with van der Waals surface area (Å²) in [6.45, 7) is 0. The second-order valence-electron chi connectivity index (χ2n) is 4.90. The number of nitrogens with zero attached hydrogens (tertiary/aromatic N) is 2. The maximum absolute atomic E-state index is 4.60. The summed E-state index contributed by atoms with van der Waals surface area (Å²) < 4.78 is 0. The summed E-state index contributed by atoms with van der Waals surface area (Å²) in [5, 5.41) is 11.9. The molecule has 102 valence electrons. The first-order valence-corrected chi connectivity index (χ1v) is 7.70. The van der Waals surface area contributed by atoms with E-state index in [1.807, 2.05) is 17.5 Å². The Kier molecular flexibility index (Phi) is 3.01. The molecule has 0 atom stereocenters.